The molecule has 2 heterocycles. The molecule has 2 aliphatic rings. The molecule has 3 aromatic carbocycles. The molecule has 2 aliphatic heterocycles. The van der Waals surface area contributed by atoms with E-state index in [-0.39, 0.29) is 6.04 Å². The van der Waals surface area contributed by atoms with Crippen LogP contribution in [-0.4, -0.2) is 44.1 Å². The highest BCUT2D eigenvalue weighted by Crippen LogP contribution is 2.34. The maximum Gasteiger partial charge on any atom is 0.231 e. The first kappa shape index (κ1) is 21.5. The fourth-order valence-electron chi connectivity index (χ4n) is 4.65. The summed E-state index contributed by atoms with van der Waals surface area (Å²) in [5.41, 5.74) is 4.91. The normalized spacial score (nSPS) is 17.4. The first-order chi connectivity index (χ1) is 16.2. The molecule has 0 amide bonds. The number of piperidine rings is 1. The molecule has 1 atom stereocenters. The summed E-state index contributed by atoms with van der Waals surface area (Å²) in [5.74, 6) is 2.50. The number of ether oxygens (including phenoxy) is 3. The van der Waals surface area contributed by atoms with Crippen molar-refractivity contribution >= 4 is 6.21 Å². The maximum atomic E-state index is 5.51. The quantitative estimate of drug-likeness (QED) is 0.479. The van der Waals surface area contributed by atoms with E-state index in [4.69, 9.17) is 19.2 Å². The lowest BCUT2D eigenvalue weighted by Crippen LogP contribution is -2.38. The van der Waals surface area contributed by atoms with Crippen LogP contribution in [0, 0.1) is 6.92 Å². The summed E-state index contributed by atoms with van der Waals surface area (Å²) < 4.78 is 16.4. The minimum absolute atomic E-state index is 0.208. The molecule has 170 valence electrons. The molecular weight excluding hydrogens is 412 g/mol. The second-order valence-corrected chi connectivity index (χ2v) is 8.75. The molecule has 0 bridgehead atoms. The van der Waals surface area contributed by atoms with Crippen molar-refractivity contribution in [1.29, 1.82) is 0 Å². The minimum Gasteiger partial charge on any atom is -0.497 e. The van der Waals surface area contributed by atoms with Crippen LogP contribution in [0.4, 0.5) is 0 Å². The highest BCUT2D eigenvalue weighted by molar-refractivity contribution is 5.81. The van der Waals surface area contributed by atoms with Crippen molar-refractivity contribution in [1.82, 2.24) is 4.90 Å². The highest BCUT2D eigenvalue weighted by Gasteiger charge is 2.27. The zero-order valence-electron chi connectivity index (χ0n) is 19.2. The van der Waals surface area contributed by atoms with Crippen LogP contribution in [0.5, 0.6) is 17.2 Å². The smallest absolute Gasteiger partial charge is 0.231 e. The number of likely N-dealkylation sites (tertiary alicyclic amines) is 1. The van der Waals surface area contributed by atoms with E-state index < -0.39 is 0 Å². The highest BCUT2D eigenvalue weighted by atomic mass is 16.7. The molecule has 1 fully saturated rings. The van der Waals surface area contributed by atoms with Crippen LogP contribution in [0.1, 0.15) is 41.1 Å². The Morgan fingerprint density at radius 2 is 1.73 bits per heavy atom. The fourth-order valence-corrected chi connectivity index (χ4v) is 4.65. The summed E-state index contributed by atoms with van der Waals surface area (Å²) in [6.45, 7) is 4.43. The van der Waals surface area contributed by atoms with Gasteiger partial charge in [0.1, 0.15) is 5.75 Å². The summed E-state index contributed by atoms with van der Waals surface area (Å²) in [5, 5.41) is 0. The molecule has 0 spiro atoms. The van der Waals surface area contributed by atoms with Crippen LogP contribution >= 0.6 is 0 Å². The Kier molecular flexibility index (Phi) is 6.31. The largest absolute Gasteiger partial charge is 0.497 e. The Bertz CT molecular complexity index is 1120. The fraction of sp³-hybridized carbons (Fsp3) is 0.321. The van der Waals surface area contributed by atoms with Gasteiger partial charge in [0.05, 0.1) is 19.2 Å². The van der Waals surface area contributed by atoms with Gasteiger partial charge in [0.2, 0.25) is 6.79 Å². The van der Waals surface area contributed by atoms with E-state index in [0.717, 1.165) is 48.7 Å². The Balaban J connectivity index is 1.30. The molecular formula is C28H30N2O3. The Labute approximate surface area is 195 Å². The second-order valence-electron chi connectivity index (χ2n) is 8.75. The van der Waals surface area contributed by atoms with E-state index in [2.05, 4.69) is 54.3 Å². The van der Waals surface area contributed by atoms with Crippen LogP contribution in [0.2, 0.25) is 0 Å². The summed E-state index contributed by atoms with van der Waals surface area (Å²) in [7, 11) is 1.73. The lowest BCUT2D eigenvalue weighted by atomic mass is 9.93. The van der Waals surface area contributed by atoms with Crippen molar-refractivity contribution in [2.75, 3.05) is 27.0 Å². The van der Waals surface area contributed by atoms with Crippen molar-refractivity contribution < 1.29 is 14.2 Å². The Hall–Kier alpha value is -3.31. The SMILES string of the molecule is COc1cccc(C(c2ccc(C)cc2)N2CCC(/N=C\c3ccc4c(c3)OCO4)CC2)c1. The maximum absolute atomic E-state index is 5.51. The van der Waals surface area contributed by atoms with E-state index in [1.165, 1.54) is 16.7 Å². The first-order valence-electron chi connectivity index (χ1n) is 11.6. The summed E-state index contributed by atoms with van der Waals surface area (Å²) in [6, 6.07) is 23.9. The van der Waals surface area contributed by atoms with Crippen LogP contribution in [0.15, 0.2) is 71.7 Å². The van der Waals surface area contributed by atoms with Crippen molar-refractivity contribution in [3.05, 3.63) is 89.0 Å². The summed E-state index contributed by atoms with van der Waals surface area (Å²) in [4.78, 5) is 7.46. The van der Waals surface area contributed by atoms with Crippen molar-refractivity contribution in [2.45, 2.75) is 31.8 Å². The number of hydrogen-bond acceptors (Lipinski definition) is 5. The van der Waals surface area contributed by atoms with Crippen LogP contribution < -0.4 is 14.2 Å². The molecule has 1 unspecified atom stereocenters. The predicted molar refractivity (Wildman–Crippen MR) is 131 cm³/mol. The van der Waals surface area contributed by atoms with Crippen molar-refractivity contribution in [3.63, 3.8) is 0 Å². The number of fused-ring (bicyclic) bond motifs is 1. The first-order valence-corrected chi connectivity index (χ1v) is 11.6. The number of nitrogens with zero attached hydrogens (tertiary/aromatic N) is 2. The monoisotopic (exact) mass is 442 g/mol. The number of hydrogen-bond donors (Lipinski definition) is 0. The molecule has 0 N–H and O–H groups in total. The number of rotatable bonds is 6. The van der Waals surface area contributed by atoms with Gasteiger partial charge in [-0.1, -0.05) is 42.0 Å². The van der Waals surface area contributed by atoms with Gasteiger partial charge in [0.25, 0.3) is 0 Å². The van der Waals surface area contributed by atoms with Crippen LogP contribution in [-0.2, 0) is 0 Å². The number of aliphatic imine (C=N–C) groups is 1. The third-order valence-corrected chi connectivity index (χ3v) is 6.50. The average Bonchev–Trinajstić information content (AvgIpc) is 3.33. The Morgan fingerprint density at radius 1 is 0.939 bits per heavy atom. The lowest BCUT2D eigenvalue weighted by Gasteiger charge is -2.37. The molecule has 3 aromatic rings. The van der Waals surface area contributed by atoms with Gasteiger partial charge in [-0.25, -0.2) is 0 Å². The third kappa shape index (κ3) is 4.88. The van der Waals surface area contributed by atoms with E-state index in [1.807, 2.05) is 30.5 Å². The van der Waals surface area contributed by atoms with Crippen LogP contribution in [0.25, 0.3) is 0 Å². The Morgan fingerprint density at radius 3 is 2.52 bits per heavy atom. The van der Waals surface area contributed by atoms with Gasteiger partial charge in [0, 0.05) is 19.3 Å². The molecule has 5 nitrogen and oxygen atoms in total. The van der Waals surface area contributed by atoms with Crippen LogP contribution in [0.3, 0.4) is 0 Å². The van der Waals surface area contributed by atoms with E-state index in [0.29, 0.717) is 12.8 Å². The van der Waals surface area contributed by atoms with Gasteiger partial charge >= 0.3 is 0 Å². The van der Waals surface area contributed by atoms with Gasteiger partial charge in [0.15, 0.2) is 11.5 Å². The number of benzene rings is 3. The minimum atomic E-state index is 0.208. The number of methoxy groups -OCH3 is 1. The molecule has 1 saturated heterocycles. The molecule has 0 aliphatic carbocycles. The number of aryl methyl sites for hydroxylation is 1. The predicted octanol–water partition coefficient (Wildman–Crippen LogP) is 5.41. The van der Waals surface area contributed by atoms with E-state index >= 15 is 0 Å². The van der Waals surface area contributed by atoms with Crippen molar-refractivity contribution in [3.8, 4) is 17.2 Å². The summed E-state index contributed by atoms with van der Waals surface area (Å²) in [6.07, 6.45) is 4.04. The van der Waals surface area contributed by atoms with E-state index in [9.17, 15) is 0 Å². The third-order valence-electron chi connectivity index (χ3n) is 6.50. The zero-order chi connectivity index (χ0) is 22.6. The van der Waals surface area contributed by atoms with Crippen molar-refractivity contribution in [2.24, 2.45) is 4.99 Å². The molecule has 0 saturated carbocycles. The van der Waals surface area contributed by atoms with Gasteiger partial charge in [-0.3, -0.25) is 9.89 Å². The second kappa shape index (κ2) is 9.67. The lowest BCUT2D eigenvalue weighted by molar-refractivity contribution is 0.174. The standard InChI is InChI=1S/C28H30N2O3/c1-20-6-9-22(10-7-20)28(23-4-3-5-25(17-23)31-2)30-14-12-24(13-15-30)29-18-21-8-11-26-27(16-21)33-19-32-26/h3-11,16-18,24,28H,12-15,19H2,1-2H3/b29-18-. The topological polar surface area (TPSA) is 43.3 Å². The molecule has 0 aromatic heterocycles. The zero-order valence-corrected chi connectivity index (χ0v) is 19.2. The molecule has 5 rings (SSSR count). The van der Waals surface area contributed by atoms with E-state index in [1.54, 1.807) is 7.11 Å². The molecule has 0 radical (unpaired) electrons. The molecule has 33 heavy (non-hydrogen) atoms. The van der Waals surface area contributed by atoms with Gasteiger partial charge in [-0.2, -0.15) is 0 Å². The average molecular weight is 443 g/mol. The summed E-state index contributed by atoms with van der Waals surface area (Å²) >= 11 is 0. The van der Waals surface area contributed by atoms with Gasteiger partial charge in [-0.15, -0.1) is 0 Å². The van der Waals surface area contributed by atoms with Gasteiger partial charge in [-0.05, 0) is 66.8 Å². The van der Waals surface area contributed by atoms with Gasteiger partial charge < -0.3 is 14.2 Å². The molecule has 5 heteroatoms.